The zero-order valence-corrected chi connectivity index (χ0v) is 18.3. The van der Waals surface area contributed by atoms with Crippen molar-refractivity contribution in [2.45, 2.75) is 129 Å². The highest BCUT2D eigenvalue weighted by atomic mass is 16.6. The van der Waals surface area contributed by atoms with Crippen LogP contribution in [0.15, 0.2) is 0 Å². The summed E-state index contributed by atoms with van der Waals surface area (Å²) >= 11 is 0. The minimum atomic E-state index is -0.678. The number of hydrogen-bond acceptors (Lipinski definition) is 3. The van der Waals surface area contributed by atoms with Gasteiger partial charge in [-0.25, -0.2) is 0 Å². The summed E-state index contributed by atoms with van der Waals surface area (Å²) < 4.78 is 6.52. The maximum absolute atomic E-state index is 13.5. The lowest BCUT2D eigenvalue weighted by Gasteiger charge is -2.50. The minimum Gasteiger partial charge on any atom is -0.340 e. The van der Waals surface area contributed by atoms with Crippen molar-refractivity contribution in [2.24, 2.45) is 0 Å². The molecule has 0 bridgehead atoms. The number of carbonyl (C=O) groups is 1. The molecule has 2 aliphatic rings. The van der Waals surface area contributed by atoms with Crippen molar-refractivity contribution in [3.63, 3.8) is 0 Å². The lowest BCUT2D eigenvalue weighted by molar-refractivity contribution is -0.157. The van der Waals surface area contributed by atoms with Gasteiger partial charge in [0.05, 0.1) is 0 Å². The average Bonchev–Trinajstić information content (AvgIpc) is 2.61. The van der Waals surface area contributed by atoms with Crippen LogP contribution in [0.25, 0.3) is 0 Å². The van der Waals surface area contributed by atoms with Crippen molar-refractivity contribution in [3.05, 3.63) is 0 Å². The summed E-state index contributed by atoms with van der Waals surface area (Å²) in [7, 11) is 0. The van der Waals surface area contributed by atoms with Gasteiger partial charge in [0.15, 0.2) is 5.60 Å². The van der Waals surface area contributed by atoms with Gasteiger partial charge in [0.2, 0.25) is 0 Å². The largest absolute Gasteiger partial charge is 0.340 e. The second-order valence-electron chi connectivity index (χ2n) is 10.4. The maximum Gasteiger partial charge on any atom is 0.257 e. The molecule has 0 radical (unpaired) electrons. The molecule has 1 amide bonds. The van der Waals surface area contributed by atoms with Crippen LogP contribution in [0.3, 0.4) is 0 Å². The van der Waals surface area contributed by atoms with Crippen LogP contribution in [-0.2, 0) is 9.53 Å². The van der Waals surface area contributed by atoms with E-state index < -0.39 is 11.3 Å². The fraction of sp³-hybridized carbons (Fsp3) is 0.955. The van der Waals surface area contributed by atoms with Crippen molar-refractivity contribution in [2.75, 3.05) is 6.54 Å². The first-order valence-electron chi connectivity index (χ1n) is 10.7. The number of unbranched alkanes of at least 4 members (excludes halogenated alkanes) is 6. The predicted molar refractivity (Wildman–Crippen MR) is 108 cm³/mol. The third kappa shape index (κ3) is 5.01. The van der Waals surface area contributed by atoms with E-state index in [1.165, 1.54) is 38.5 Å². The van der Waals surface area contributed by atoms with Crippen LogP contribution in [0.1, 0.15) is 106 Å². The first-order valence-corrected chi connectivity index (χ1v) is 10.7. The Morgan fingerprint density at radius 1 is 0.885 bits per heavy atom. The maximum atomic E-state index is 13.5. The van der Waals surface area contributed by atoms with Gasteiger partial charge in [-0.1, -0.05) is 45.4 Å². The van der Waals surface area contributed by atoms with Gasteiger partial charge in [0, 0.05) is 30.5 Å². The van der Waals surface area contributed by atoms with E-state index >= 15 is 0 Å². The molecule has 4 heteroatoms. The molecule has 26 heavy (non-hydrogen) atoms. The molecule has 4 nitrogen and oxygen atoms in total. The number of ether oxygens (including phenoxy) is 1. The van der Waals surface area contributed by atoms with Gasteiger partial charge in [0.1, 0.15) is 5.72 Å². The van der Waals surface area contributed by atoms with E-state index in [1.54, 1.807) is 0 Å². The van der Waals surface area contributed by atoms with E-state index in [-0.39, 0.29) is 17.0 Å². The summed E-state index contributed by atoms with van der Waals surface area (Å²) in [5.74, 6) is 0.205. The Hall–Kier alpha value is -0.610. The molecule has 0 atom stereocenters. The van der Waals surface area contributed by atoms with Crippen molar-refractivity contribution in [1.29, 1.82) is 0 Å². The number of hydrogen-bond donors (Lipinski definition) is 1. The molecule has 0 aliphatic carbocycles. The third-order valence-corrected chi connectivity index (χ3v) is 5.85. The van der Waals surface area contributed by atoms with Gasteiger partial charge in [-0.3, -0.25) is 4.79 Å². The highest BCUT2D eigenvalue weighted by Crippen LogP contribution is 2.47. The molecule has 2 fully saturated rings. The van der Waals surface area contributed by atoms with E-state index in [0.29, 0.717) is 0 Å². The second kappa shape index (κ2) is 7.79. The summed E-state index contributed by atoms with van der Waals surface area (Å²) in [5.41, 5.74) is -1.41. The number of nitrogens with one attached hydrogen (secondary N) is 1. The molecule has 152 valence electrons. The summed E-state index contributed by atoms with van der Waals surface area (Å²) in [5, 5.41) is 3.67. The smallest absolute Gasteiger partial charge is 0.257 e. The van der Waals surface area contributed by atoms with Gasteiger partial charge in [-0.15, -0.1) is 0 Å². The standard InChI is InChI=1S/C22H42N2O2/c1-8-9-10-11-12-13-14-15-24-18(25)22(26-21(24,6)7)16-19(2,3)23-20(4,5)17-22/h23H,8-17H2,1-7H3. The van der Waals surface area contributed by atoms with Crippen molar-refractivity contribution in [3.8, 4) is 0 Å². The van der Waals surface area contributed by atoms with Crippen LogP contribution in [0.5, 0.6) is 0 Å². The molecule has 1 spiro atoms. The fourth-order valence-electron chi connectivity index (χ4n) is 5.38. The van der Waals surface area contributed by atoms with Crippen molar-refractivity contribution in [1.82, 2.24) is 10.2 Å². The molecule has 0 saturated carbocycles. The zero-order chi connectivity index (χ0) is 19.6. The Kier molecular flexibility index (Phi) is 6.50. The number of piperidine rings is 1. The Morgan fingerprint density at radius 3 is 1.92 bits per heavy atom. The van der Waals surface area contributed by atoms with Crippen LogP contribution < -0.4 is 5.32 Å². The fourth-order valence-corrected chi connectivity index (χ4v) is 5.38. The monoisotopic (exact) mass is 366 g/mol. The summed E-state index contributed by atoms with van der Waals surface area (Å²) in [4.78, 5) is 15.5. The van der Waals surface area contributed by atoms with Crippen molar-refractivity contribution < 1.29 is 9.53 Å². The lowest BCUT2D eigenvalue weighted by atomic mass is 9.72. The normalized spacial score (nSPS) is 25.8. The highest BCUT2D eigenvalue weighted by molar-refractivity contribution is 5.88. The van der Waals surface area contributed by atoms with E-state index in [1.807, 2.05) is 4.90 Å². The highest BCUT2D eigenvalue weighted by Gasteiger charge is 2.61. The summed E-state index contributed by atoms with van der Waals surface area (Å²) in [6.07, 6.45) is 10.3. The Bertz CT molecular complexity index is 480. The molecule has 0 unspecified atom stereocenters. The van der Waals surface area contributed by atoms with E-state index in [4.69, 9.17) is 4.74 Å². The zero-order valence-electron chi connectivity index (χ0n) is 18.3. The molecule has 0 aromatic carbocycles. The Balaban J connectivity index is 1.98. The first-order chi connectivity index (χ1) is 11.9. The number of nitrogens with zero attached hydrogens (tertiary/aromatic N) is 1. The first kappa shape index (κ1) is 21.7. The third-order valence-electron chi connectivity index (χ3n) is 5.85. The Morgan fingerprint density at radius 2 is 1.38 bits per heavy atom. The van der Waals surface area contributed by atoms with Gasteiger partial charge in [-0.05, 0) is 48.0 Å². The average molecular weight is 367 g/mol. The summed E-state index contributed by atoms with van der Waals surface area (Å²) in [6.45, 7) is 15.9. The van der Waals surface area contributed by atoms with Crippen LogP contribution in [-0.4, -0.2) is 39.8 Å². The second-order valence-corrected chi connectivity index (χ2v) is 10.4. The number of amides is 1. The van der Waals surface area contributed by atoms with Gasteiger partial charge in [-0.2, -0.15) is 0 Å². The topological polar surface area (TPSA) is 41.6 Å². The summed E-state index contributed by atoms with van der Waals surface area (Å²) in [6, 6.07) is 0. The molecular formula is C22H42N2O2. The van der Waals surface area contributed by atoms with Crippen LogP contribution in [0.2, 0.25) is 0 Å². The molecule has 1 N–H and O–H groups in total. The molecule has 2 saturated heterocycles. The predicted octanol–water partition coefficient (Wildman–Crippen LogP) is 5.01. The van der Waals surface area contributed by atoms with E-state index in [0.717, 1.165) is 25.8 Å². The molecule has 0 aromatic heterocycles. The van der Waals surface area contributed by atoms with Gasteiger partial charge >= 0.3 is 0 Å². The number of rotatable bonds is 8. The van der Waals surface area contributed by atoms with Crippen molar-refractivity contribution >= 4 is 5.91 Å². The molecule has 2 aliphatic heterocycles. The lowest BCUT2D eigenvalue weighted by Crippen LogP contribution is -2.65. The molecule has 2 heterocycles. The number of carbonyl (C=O) groups excluding carboxylic acids is 1. The molecule has 2 rings (SSSR count). The van der Waals surface area contributed by atoms with Gasteiger partial charge in [0.25, 0.3) is 5.91 Å². The SMILES string of the molecule is CCCCCCCCCN1C(=O)C2(CC(C)(C)NC(C)(C)C2)OC1(C)C. The van der Waals surface area contributed by atoms with Gasteiger partial charge < -0.3 is 15.0 Å². The Labute approximate surface area is 161 Å². The van der Waals surface area contributed by atoms with Crippen LogP contribution in [0.4, 0.5) is 0 Å². The minimum absolute atomic E-state index is 0.108. The molecule has 0 aromatic rings. The van der Waals surface area contributed by atoms with E-state index in [9.17, 15) is 4.79 Å². The molecular weight excluding hydrogens is 324 g/mol. The van der Waals surface area contributed by atoms with E-state index in [2.05, 4.69) is 53.8 Å². The van der Waals surface area contributed by atoms with Crippen LogP contribution >= 0.6 is 0 Å². The van der Waals surface area contributed by atoms with Crippen LogP contribution in [0, 0.1) is 0 Å². The quantitative estimate of drug-likeness (QED) is 0.614.